The Balaban J connectivity index is 2.97. The molecule has 1 rings (SSSR count). The molecular weight excluding hydrogens is 328 g/mol. The summed E-state index contributed by atoms with van der Waals surface area (Å²) >= 11 is 17.4. The molecule has 0 radical (unpaired) electrons. The van der Waals surface area contributed by atoms with Crippen molar-refractivity contribution < 1.29 is 19.3 Å². The highest BCUT2D eigenvalue weighted by Gasteiger charge is 2.29. The SMILES string of the molecule is CCNC(=O)[C@@H](C)OC(=O)c1[nH+]c(Cl)c(Cl)c(N)c1Cl. The molecule has 1 atom stereocenters. The number of carbonyl (C=O) groups excluding carboxylic acids is 2. The van der Waals surface area contributed by atoms with Gasteiger partial charge in [-0.3, -0.25) is 4.79 Å². The van der Waals surface area contributed by atoms with E-state index in [0.29, 0.717) is 6.54 Å². The molecule has 0 aromatic carbocycles. The lowest BCUT2D eigenvalue weighted by Gasteiger charge is -2.11. The fourth-order valence-corrected chi connectivity index (χ4v) is 1.91. The number of nitrogen functional groups attached to an aromatic ring is 1. The highest BCUT2D eigenvalue weighted by atomic mass is 35.5. The third-order valence-electron chi connectivity index (χ3n) is 2.33. The summed E-state index contributed by atoms with van der Waals surface area (Å²) in [6.07, 6.45) is -0.984. The van der Waals surface area contributed by atoms with E-state index in [1.54, 1.807) is 6.92 Å². The van der Waals surface area contributed by atoms with Crippen LogP contribution in [0.2, 0.25) is 15.2 Å². The van der Waals surface area contributed by atoms with Crippen LogP contribution in [-0.4, -0.2) is 24.5 Å². The first-order valence-corrected chi connectivity index (χ1v) is 6.76. The lowest BCUT2D eigenvalue weighted by atomic mass is 10.3. The monoisotopic (exact) mass is 340 g/mol. The minimum absolute atomic E-state index is 0.00462. The number of H-pyrrole nitrogens is 1. The van der Waals surface area contributed by atoms with E-state index in [0.717, 1.165) is 0 Å². The Kier molecular flexibility index (Phi) is 5.86. The highest BCUT2D eigenvalue weighted by molar-refractivity contribution is 6.45. The summed E-state index contributed by atoms with van der Waals surface area (Å²) in [5, 5.41) is 2.35. The van der Waals surface area contributed by atoms with Gasteiger partial charge in [-0.05, 0) is 25.4 Å². The number of ether oxygens (including phenoxy) is 1. The minimum Gasteiger partial charge on any atom is -0.445 e. The first-order valence-electron chi connectivity index (χ1n) is 5.63. The summed E-state index contributed by atoms with van der Waals surface area (Å²) in [7, 11) is 0. The first-order chi connectivity index (χ1) is 9.29. The molecule has 6 nitrogen and oxygen atoms in total. The van der Waals surface area contributed by atoms with Gasteiger partial charge in [0.05, 0.1) is 5.69 Å². The van der Waals surface area contributed by atoms with Crippen molar-refractivity contribution in [3.8, 4) is 0 Å². The third kappa shape index (κ3) is 3.65. The van der Waals surface area contributed by atoms with Crippen molar-refractivity contribution in [3.63, 3.8) is 0 Å². The quantitative estimate of drug-likeness (QED) is 0.644. The van der Waals surface area contributed by atoms with Gasteiger partial charge in [-0.1, -0.05) is 23.2 Å². The van der Waals surface area contributed by atoms with Crippen molar-refractivity contribution in [2.24, 2.45) is 0 Å². The number of likely N-dealkylation sites (N-methyl/N-ethyl adjacent to an activating group) is 1. The van der Waals surface area contributed by atoms with Gasteiger partial charge in [0, 0.05) is 6.54 Å². The van der Waals surface area contributed by atoms with Gasteiger partial charge in [0.1, 0.15) is 10.0 Å². The van der Waals surface area contributed by atoms with E-state index in [1.807, 2.05) is 0 Å². The number of pyridine rings is 1. The van der Waals surface area contributed by atoms with Gasteiger partial charge in [0.2, 0.25) is 0 Å². The molecule has 110 valence electrons. The fraction of sp³-hybridized carbons (Fsp3) is 0.364. The number of halogens is 3. The normalized spacial score (nSPS) is 11.8. The summed E-state index contributed by atoms with van der Waals surface area (Å²) < 4.78 is 4.96. The number of aromatic nitrogens is 1. The van der Waals surface area contributed by atoms with Gasteiger partial charge in [0.15, 0.2) is 6.10 Å². The van der Waals surface area contributed by atoms with E-state index in [4.69, 9.17) is 45.3 Å². The van der Waals surface area contributed by atoms with E-state index < -0.39 is 18.0 Å². The number of carbonyl (C=O) groups is 2. The van der Waals surface area contributed by atoms with Crippen molar-refractivity contribution in [1.82, 2.24) is 5.32 Å². The molecule has 1 aromatic rings. The van der Waals surface area contributed by atoms with Gasteiger partial charge in [0.25, 0.3) is 11.1 Å². The molecule has 0 unspecified atom stereocenters. The molecular formula is C11H13Cl3N3O3+. The van der Waals surface area contributed by atoms with Gasteiger partial charge in [-0.2, -0.15) is 4.98 Å². The first kappa shape index (κ1) is 16.8. The van der Waals surface area contributed by atoms with E-state index in [-0.39, 0.29) is 26.6 Å². The van der Waals surface area contributed by atoms with Crippen LogP contribution in [0.1, 0.15) is 24.3 Å². The number of hydrogen-bond donors (Lipinski definition) is 2. The largest absolute Gasteiger partial charge is 0.445 e. The zero-order valence-electron chi connectivity index (χ0n) is 10.7. The Morgan fingerprint density at radius 2 is 1.95 bits per heavy atom. The number of aromatic amines is 1. The van der Waals surface area contributed by atoms with Gasteiger partial charge in [-0.25, -0.2) is 4.79 Å². The van der Waals surface area contributed by atoms with Crippen LogP contribution in [0, 0.1) is 0 Å². The van der Waals surface area contributed by atoms with Crippen LogP contribution in [0.15, 0.2) is 0 Å². The van der Waals surface area contributed by atoms with Crippen molar-refractivity contribution >= 4 is 52.4 Å². The van der Waals surface area contributed by atoms with Crippen molar-refractivity contribution in [2.45, 2.75) is 20.0 Å². The molecule has 9 heteroatoms. The maximum atomic E-state index is 11.9. The molecule has 0 saturated carbocycles. The Morgan fingerprint density at radius 1 is 1.35 bits per heavy atom. The molecule has 0 aliphatic carbocycles. The molecule has 1 aromatic heterocycles. The second-order valence-corrected chi connectivity index (χ2v) is 4.93. The summed E-state index contributed by atoms with van der Waals surface area (Å²) in [4.78, 5) is 25.9. The number of amides is 1. The van der Waals surface area contributed by atoms with Gasteiger partial charge >= 0.3 is 11.7 Å². The van der Waals surface area contributed by atoms with Gasteiger partial charge < -0.3 is 15.8 Å². The molecule has 0 fully saturated rings. The third-order valence-corrected chi connectivity index (χ3v) is 3.49. The van der Waals surface area contributed by atoms with E-state index >= 15 is 0 Å². The van der Waals surface area contributed by atoms with E-state index in [1.165, 1.54) is 6.92 Å². The van der Waals surface area contributed by atoms with Crippen molar-refractivity contribution in [1.29, 1.82) is 0 Å². The number of esters is 1. The maximum Gasteiger partial charge on any atom is 0.406 e. The summed E-state index contributed by atoms with van der Waals surface area (Å²) in [5.41, 5.74) is 5.39. The van der Waals surface area contributed by atoms with Gasteiger partial charge in [-0.15, -0.1) is 0 Å². The smallest absolute Gasteiger partial charge is 0.406 e. The standard InChI is InChI=1S/C11H12Cl3N3O3/c1-3-16-10(18)4(2)20-11(19)8-5(12)7(15)6(13)9(14)17-8/h4H,3H2,1-2H3,(H2,15,17)(H,16,18)/p+1/t4-/m1/s1. The second kappa shape index (κ2) is 6.97. The van der Waals surface area contributed by atoms with Crippen LogP contribution in [0.5, 0.6) is 0 Å². The molecule has 4 N–H and O–H groups in total. The molecule has 0 bridgehead atoms. The molecule has 0 aliphatic heterocycles. The van der Waals surface area contributed by atoms with Crippen LogP contribution in [-0.2, 0) is 9.53 Å². The Labute approximate surface area is 130 Å². The second-order valence-electron chi connectivity index (χ2n) is 3.80. The molecule has 1 amide bonds. The molecule has 1 heterocycles. The predicted molar refractivity (Wildman–Crippen MR) is 76.0 cm³/mol. The minimum atomic E-state index is -0.984. The van der Waals surface area contributed by atoms with Crippen LogP contribution in [0.4, 0.5) is 5.69 Å². The van der Waals surface area contributed by atoms with Crippen LogP contribution in [0.3, 0.4) is 0 Å². The average Bonchev–Trinajstić information content (AvgIpc) is 2.40. The van der Waals surface area contributed by atoms with Crippen LogP contribution >= 0.6 is 34.8 Å². The topological polar surface area (TPSA) is 95.6 Å². The fourth-order valence-electron chi connectivity index (χ4n) is 1.30. The summed E-state index contributed by atoms with van der Waals surface area (Å²) in [5.74, 6) is -1.29. The highest BCUT2D eigenvalue weighted by Crippen LogP contribution is 2.32. The Hall–Kier alpha value is -1.24. The average molecular weight is 342 g/mol. The number of nitrogens with two attached hydrogens (primary N) is 1. The Morgan fingerprint density at radius 3 is 2.50 bits per heavy atom. The molecule has 0 aliphatic rings. The van der Waals surface area contributed by atoms with E-state index in [2.05, 4.69) is 10.3 Å². The molecule has 20 heavy (non-hydrogen) atoms. The van der Waals surface area contributed by atoms with E-state index in [9.17, 15) is 9.59 Å². The predicted octanol–water partition coefficient (Wildman–Crippen LogP) is 1.72. The van der Waals surface area contributed by atoms with Crippen molar-refractivity contribution in [2.75, 3.05) is 12.3 Å². The Bertz CT molecular complexity index is 551. The zero-order chi connectivity index (χ0) is 15.4. The summed E-state index contributed by atoms with van der Waals surface area (Å²) in [6, 6.07) is 0. The lowest BCUT2D eigenvalue weighted by molar-refractivity contribution is -0.380. The number of hydrogen-bond acceptors (Lipinski definition) is 4. The molecule has 0 spiro atoms. The van der Waals surface area contributed by atoms with Crippen molar-refractivity contribution in [3.05, 3.63) is 20.9 Å². The lowest BCUT2D eigenvalue weighted by Crippen LogP contribution is -2.36. The number of rotatable bonds is 4. The van der Waals surface area contributed by atoms with Crippen LogP contribution < -0.4 is 16.0 Å². The molecule has 0 saturated heterocycles. The number of anilines is 1. The maximum absolute atomic E-state index is 11.9. The number of nitrogens with one attached hydrogen (secondary N) is 2. The summed E-state index contributed by atoms with van der Waals surface area (Å²) in [6.45, 7) is 3.60. The zero-order valence-corrected chi connectivity index (χ0v) is 13.0. The van der Waals surface area contributed by atoms with Crippen LogP contribution in [0.25, 0.3) is 0 Å².